The van der Waals surface area contributed by atoms with Gasteiger partial charge < -0.3 is 24.8 Å². The number of benzene rings is 1. The van der Waals surface area contributed by atoms with E-state index in [0.29, 0.717) is 13.2 Å². The molecular formula is C21H35N3O3. The van der Waals surface area contributed by atoms with Crippen molar-refractivity contribution in [2.45, 2.75) is 31.9 Å². The molecule has 6 heteroatoms. The lowest BCUT2D eigenvalue weighted by Gasteiger charge is -2.28. The molecule has 0 saturated carbocycles. The van der Waals surface area contributed by atoms with Gasteiger partial charge in [0.05, 0.1) is 13.2 Å². The highest BCUT2D eigenvalue weighted by Crippen LogP contribution is 2.18. The number of nitrogens with zero attached hydrogens (tertiary/aromatic N) is 2. The molecule has 1 aromatic rings. The standard InChI is InChI=1S/C21H35N3O3/c25-20(17-24-9-4-1-5-10-24)18-27-21-7-3-2-6-19(21)16-22-8-11-23-12-14-26-15-13-23/h2-3,6-7,20,22,25H,1,4-5,8-18H2/t20-/m1/s1. The maximum atomic E-state index is 10.3. The lowest BCUT2D eigenvalue weighted by molar-refractivity contribution is 0.0384. The number of hydrogen-bond acceptors (Lipinski definition) is 6. The number of piperidine rings is 1. The Balaban J connectivity index is 1.37. The van der Waals surface area contributed by atoms with Crippen molar-refractivity contribution in [2.24, 2.45) is 0 Å². The first-order chi connectivity index (χ1) is 13.3. The van der Waals surface area contributed by atoms with Gasteiger partial charge >= 0.3 is 0 Å². The Morgan fingerprint density at radius 3 is 2.63 bits per heavy atom. The normalized spacial score (nSPS) is 20.5. The van der Waals surface area contributed by atoms with Crippen molar-refractivity contribution in [1.29, 1.82) is 0 Å². The summed E-state index contributed by atoms with van der Waals surface area (Å²) >= 11 is 0. The van der Waals surface area contributed by atoms with Gasteiger partial charge in [0.2, 0.25) is 0 Å². The molecule has 3 rings (SSSR count). The summed E-state index contributed by atoms with van der Waals surface area (Å²) in [4.78, 5) is 4.77. The van der Waals surface area contributed by atoms with Crippen molar-refractivity contribution in [3.63, 3.8) is 0 Å². The molecule has 0 amide bonds. The number of rotatable bonds is 10. The SMILES string of the molecule is O[C@@H](COc1ccccc1CNCCN1CCOCC1)CN1CCCCC1. The Labute approximate surface area is 163 Å². The van der Waals surface area contributed by atoms with Gasteiger partial charge in [-0.2, -0.15) is 0 Å². The fourth-order valence-electron chi connectivity index (χ4n) is 3.75. The molecule has 152 valence electrons. The zero-order chi connectivity index (χ0) is 18.7. The van der Waals surface area contributed by atoms with Gasteiger partial charge in [0, 0.05) is 44.8 Å². The van der Waals surface area contributed by atoms with Crippen molar-refractivity contribution < 1.29 is 14.6 Å². The van der Waals surface area contributed by atoms with Gasteiger partial charge in [-0.05, 0) is 32.0 Å². The molecule has 2 N–H and O–H groups in total. The smallest absolute Gasteiger partial charge is 0.123 e. The van der Waals surface area contributed by atoms with Crippen LogP contribution >= 0.6 is 0 Å². The highest BCUT2D eigenvalue weighted by Gasteiger charge is 2.15. The molecule has 1 atom stereocenters. The van der Waals surface area contributed by atoms with Crippen LogP contribution in [0.15, 0.2) is 24.3 Å². The van der Waals surface area contributed by atoms with E-state index in [4.69, 9.17) is 9.47 Å². The topological polar surface area (TPSA) is 57.2 Å². The molecule has 27 heavy (non-hydrogen) atoms. The molecule has 0 radical (unpaired) electrons. The molecule has 2 heterocycles. The van der Waals surface area contributed by atoms with Crippen LogP contribution in [-0.2, 0) is 11.3 Å². The molecule has 0 aromatic heterocycles. The van der Waals surface area contributed by atoms with Gasteiger partial charge in [-0.3, -0.25) is 4.90 Å². The molecule has 2 fully saturated rings. The van der Waals surface area contributed by atoms with Crippen LogP contribution in [0, 0.1) is 0 Å². The van der Waals surface area contributed by atoms with Crippen LogP contribution in [0.3, 0.4) is 0 Å². The van der Waals surface area contributed by atoms with Gasteiger partial charge in [-0.25, -0.2) is 0 Å². The van der Waals surface area contributed by atoms with Crippen molar-refractivity contribution in [2.75, 3.05) is 65.6 Å². The van der Waals surface area contributed by atoms with Crippen LogP contribution in [0.4, 0.5) is 0 Å². The number of likely N-dealkylation sites (tertiary alicyclic amines) is 1. The fraction of sp³-hybridized carbons (Fsp3) is 0.714. The van der Waals surface area contributed by atoms with Gasteiger partial charge in [0.15, 0.2) is 0 Å². The van der Waals surface area contributed by atoms with E-state index in [1.54, 1.807) is 0 Å². The second-order valence-corrected chi connectivity index (χ2v) is 7.56. The zero-order valence-electron chi connectivity index (χ0n) is 16.4. The molecule has 0 unspecified atom stereocenters. The minimum absolute atomic E-state index is 0.349. The second kappa shape index (κ2) is 11.6. The number of ether oxygens (including phenoxy) is 2. The molecule has 0 bridgehead atoms. The van der Waals surface area contributed by atoms with E-state index >= 15 is 0 Å². The minimum Gasteiger partial charge on any atom is -0.491 e. The van der Waals surface area contributed by atoms with Crippen molar-refractivity contribution in [3.8, 4) is 5.75 Å². The number of aliphatic hydroxyl groups is 1. The third-order valence-electron chi connectivity index (χ3n) is 5.35. The first-order valence-electron chi connectivity index (χ1n) is 10.4. The molecular weight excluding hydrogens is 342 g/mol. The van der Waals surface area contributed by atoms with Crippen LogP contribution < -0.4 is 10.1 Å². The van der Waals surface area contributed by atoms with Crippen LogP contribution in [-0.4, -0.2) is 86.6 Å². The third-order valence-corrected chi connectivity index (χ3v) is 5.35. The third kappa shape index (κ3) is 7.39. The predicted octanol–water partition coefficient (Wildman–Crippen LogP) is 1.33. The molecule has 1 aromatic carbocycles. The number of aliphatic hydroxyl groups excluding tert-OH is 1. The van der Waals surface area contributed by atoms with Crippen LogP contribution in [0.2, 0.25) is 0 Å². The van der Waals surface area contributed by atoms with E-state index in [1.807, 2.05) is 18.2 Å². The highest BCUT2D eigenvalue weighted by molar-refractivity contribution is 5.33. The lowest BCUT2D eigenvalue weighted by atomic mass is 10.1. The van der Waals surface area contributed by atoms with E-state index in [0.717, 1.165) is 70.3 Å². The Hall–Kier alpha value is -1.18. The van der Waals surface area contributed by atoms with E-state index in [2.05, 4.69) is 21.2 Å². The zero-order valence-corrected chi connectivity index (χ0v) is 16.4. The predicted molar refractivity (Wildman–Crippen MR) is 107 cm³/mol. The number of para-hydroxylation sites is 1. The fourth-order valence-corrected chi connectivity index (χ4v) is 3.75. The van der Waals surface area contributed by atoms with Gasteiger partial charge in [0.1, 0.15) is 18.5 Å². The summed E-state index contributed by atoms with van der Waals surface area (Å²) in [7, 11) is 0. The highest BCUT2D eigenvalue weighted by atomic mass is 16.5. The Kier molecular flexibility index (Phi) is 8.84. The molecule has 2 aliphatic rings. The van der Waals surface area contributed by atoms with Gasteiger partial charge in [-0.1, -0.05) is 24.6 Å². The maximum Gasteiger partial charge on any atom is 0.123 e. The van der Waals surface area contributed by atoms with Crippen molar-refractivity contribution in [1.82, 2.24) is 15.1 Å². The average molecular weight is 378 g/mol. The minimum atomic E-state index is -0.439. The quantitative estimate of drug-likeness (QED) is 0.600. The first-order valence-corrected chi connectivity index (χ1v) is 10.4. The van der Waals surface area contributed by atoms with Crippen molar-refractivity contribution in [3.05, 3.63) is 29.8 Å². The lowest BCUT2D eigenvalue weighted by Crippen LogP contribution is -2.40. The van der Waals surface area contributed by atoms with E-state index in [-0.39, 0.29) is 0 Å². The maximum absolute atomic E-state index is 10.3. The average Bonchev–Trinajstić information content (AvgIpc) is 2.72. The summed E-state index contributed by atoms with van der Waals surface area (Å²) < 4.78 is 11.3. The molecule has 2 aliphatic heterocycles. The summed E-state index contributed by atoms with van der Waals surface area (Å²) in [5.74, 6) is 0.870. The van der Waals surface area contributed by atoms with Crippen molar-refractivity contribution >= 4 is 0 Å². The molecule has 0 aliphatic carbocycles. The molecule has 0 spiro atoms. The number of β-amino-alcohol motifs (C(OH)–C–C–N with tert-alkyl or cyclic N) is 1. The van der Waals surface area contributed by atoms with E-state index < -0.39 is 6.10 Å². The van der Waals surface area contributed by atoms with Crippen LogP contribution in [0.25, 0.3) is 0 Å². The summed E-state index contributed by atoms with van der Waals surface area (Å²) in [6.07, 6.45) is 3.36. The Morgan fingerprint density at radius 1 is 1.04 bits per heavy atom. The summed E-state index contributed by atoms with van der Waals surface area (Å²) in [5.41, 5.74) is 1.14. The largest absolute Gasteiger partial charge is 0.491 e. The van der Waals surface area contributed by atoms with E-state index in [1.165, 1.54) is 19.3 Å². The Bertz CT molecular complexity index is 531. The molecule has 2 saturated heterocycles. The summed E-state index contributed by atoms with van der Waals surface area (Å²) in [6, 6.07) is 8.11. The summed E-state index contributed by atoms with van der Waals surface area (Å²) in [5, 5.41) is 13.8. The summed E-state index contributed by atoms with van der Waals surface area (Å²) in [6.45, 7) is 9.76. The van der Waals surface area contributed by atoms with E-state index in [9.17, 15) is 5.11 Å². The molecule has 6 nitrogen and oxygen atoms in total. The second-order valence-electron chi connectivity index (χ2n) is 7.56. The number of hydrogen-bond donors (Lipinski definition) is 2. The van der Waals surface area contributed by atoms with Crippen LogP contribution in [0.1, 0.15) is 24.8 Å². The van der Waals surface area contributed by atoms with Crippen LogP contribution in [0.5, 0.6) is 5.75 Å². The monoisotopic (exact) mass is 377 g/mol. The number of morpholine rings is 1. The number of nitrogens with one attached hydrogen (secondary N) is 1. The Morgan fingerprint density at radius 2 is 1.81 bits per heavy atom. The first kappa shape index (κ1) is 20.6. The van der Waals surface area contributed by atoms with Gasteiger partial charge in [0.25, 0.3) is 0 Å². The van der Waals surface area contributed by atoms with Gasteiger partial charge in [-0.15, -0.1) is 0 Å².